The maximum absolute atomic E-state index is 12.3. The summed E-state index contributed by atoms with van der Waals surface area (Å²) in [6.45, 7) is 0.719. The molecule has 4 heteroatoms. The summed E-state index contributed by atoms with van der Waals surface area (Å²) in [5.74, 6) is -0.132. The van der Waals surface area contributed by atoms with Crippen molar-refractivity contribution in [3.05, 3.63) is 76.8 Å². The van der Waals surface area contributed by atoms with Crippen LogP contribution >= 0.6 is 11.6 Å². The standard InChI is InChI=1S/C18H18ClNO2/c19-17-9-6-15(7-10-17)8-11-18(22)20(12-13-21)14-16-4-2-1-3-5-16/h1-11,21H,12-14H2/b11-8+. The normalized spacial score (nSPS) is 10.8. The van der Waals surface area contributed by atoms with E-state index in [2.05, 4.69) is 0 Å². The van der Waals surface area contributed by atoms with Crippen LogP contribution in [-0.4, -0.2) is 29.1 Å². The Hall–Kier alpha value is -2.10. The number of hydrogen-bond acceptors (Lipinski definition) is 2. The molecule has 0 unspecified atom stereocenters. The van der Waals surface area contributed by atoms with Crippen LogP contribution in [0.1, 0.15) is 11.1 Å². The fraction of sp³-hybridized carbons (Fsp3) is 0.167. The highest BCUT2D eigenvalue weighted by Crippen LogP contribution is 2.11. The van der Waals surface area contributed by atoms with Crippen LogP contribution in [0.15, 0.2) is 60.7 Å². The third-order valence-electron chi connectivity index (χ3n) is 3.19. The van der Waals surface area contributed by atoms with Crippen molar-refractivity contribution < 1.29 is 9.90 Å². The Morgan fingerprint density at radius 3 is 2.41 bits per heavy atom. The van der Waals surface area contributed by atoms with Crippen LogP contribution in [0.25, 0.3) is 6.08 Å². The highest BCUT2D eigenvalue weighted by atomic mass is 35.5. The Kier molecular flexibility index (Phi) is 6.19. The zero-order valence-electron chi connectivity index (χ0n) is 12.2. The molecule has 2 aromatic carbocycles. The van der Waals surface area contributed by atoms with E-state index in [1.54, 1.807) is 23.1 Å². The first-order valence-corrected chi connectivity index (χ1v) is 7.44. The van der Waals surface area contributed by atoms with Gasteiger partial charge in [-0.2, -0.15) is 0 Å². The smallest absolute Gasteiger partial charge is 0.246 e. The van der Waals surface area contributed by atoms with Crippen molar-refractivity contribution in [1.29, 1.82) is 0 Å². The Morgan fingerprint density at radius 1 is 1.09 bits per heavy atom. The van der Waals surface area contributed by atoms with Gasteiger partial charge in [-0.1, -0.05) is 54.1 Å². The average Bonchev–Trinajstić information content (AvgIpc) is 2.54. The molecule has 0 aliphatic rings. The fourth-order valence-electron chi connectivity index (χ4n) is 2.04. The summed E-state index contributed by atoms with van der Waals surface area (Å²) in [6, 6.07) is 17.0. The number of carbonyl (C=O) groups is 1. The highest BCUT2D eigenvalue weighted by Gasteiger charge is 2.10. The van der Waals surface area contributed by atoms with E-state index in [9.17, 15) is 4.79 Å². The van der Waals surface area contributed by atoms with Crippen LogP contribution in [0.5, 0.6) is 0 Å². The number of amides is 1. The van der Waals surface area contributed by atoms with Crippen molar-refractivity contribution in [1.82, 2.24) is 4.90 Å². The first kappa shape index (κ1) is 16.3. The fourth-order valence-corrected chi connectivity index (χ4v) is 2.16. The van der Waals surface area contributed by atoms with Crippen molar-refractivity contribution in [2.75, 3.05) is 13.2 Å². The molecule has 0 atom stereocenters. The number of nitrogens with zero attached hydrogens (tertiary/aromatic N) is 1. The summed E-state index contributed by atoms with van der Waals surface area (Å²) in [4.78, 5) is 13.9. The van der Waals surface area contributed by atoms with E-state index in [1.807, 2.05) is 42.5 Å². The maximum Gasteiger partial charge on any atom is 0.246 e. The van der Waals surface area contributed by atoms with Crippen molar-refractivity contribution in [3.8, 4) is 0 Å². The largest absolute Gasteiger partial charge is 0.395 e. The van der Waals surface area contributed by atoms with Crippen LogP contribution in [0.4, 0.5) is 0 Å². The molecule has 0 spiro atoms. The minimum atomic E-state index is -0.132. The molecular weight excluding hydrogens is 298 g/mol. The molecular formula is C18H18ClNO2. The topological polar surface area (TPSA) is 40.5 Å². The molecule has 2 rings (SSSR count). The van der Waals surface area contributed by atoms with Gasteiger partial charge in [-0.05, 0) is 29.3 Å². The molecule has 0 aliphatic heterocycles. The third kappa shape index (κ3) is 5.02. The molecule has 114 valence electrons. The summed E-state index contributed by atoms with van der Waals surface area (Å²) >= 11 is 5.83. The molecule has 0 bridgehead atoms. The lowest BCUT2D eigenvalue weighted by molar-refractivity contribution is -0.127. The maximum atomic E-state index is 12.3. The molecule has 0 radical (unpaired) electrons. The molecule has 22 heavy (non-hydrogen) atoms. The second-order valence-corrected chi connectivity index (χ2v) is 5.29. The lowest BCUT2D eigenvalue weighted by atomic mass is 10.2. The predicted octanol–water partition coefficient (Wildman–Crippen LogP) is 3.37. The minimum Gasteiger partial charge on any atom is -0.395 e. The zero-order valence-corrected chi connectivity index (χ0v) is 12.9. The van der Waals surface area contributed by atoms with Crippen molar-refractivity contribution >= 4 is 23.6 Å². The number of aliphatic hydroxyl groups excluding tert-OH is 1. The predicted molar refractivity (Wildman–Crippen MR) is 89.4 cm³/mol. The van der Waals surface area contributed by atoms with Gasteiger partial charge in [-0.15, -0.1) is 0 Å². The minimum absolute atomic E-state index is 0.0621. The monoisotopic (exact) mass is 315 g/mol. The number of halogens is 1. The van der Waals surface area contributed by atoms with Gasteiger partial charge in [0.2, 0.25) is 5.91 Å². The van der Waals surface area contributed by atoms with Gasteiger partial charge in [0.05, 0.1) is 6.61 Å². The Bertz CT molecular complexity index is 623. The Labute approximate surface area is 135 Å². The molecule has 1 amide bonds. The molecule has 0 saturated carbocycles. The van der Waals surface area contributed by atoms with Crippen molar-refractivity contribution in [2.24, 2.45) is 0 Å². The van der Waals surface area contributed by atoms with E-state index >= 15 is 0 Å². The number of carbonyl (C=O) groups excluding carboxylic acids is 1. The molecule has 0 heterocycles. The zero-order chi connectivity index (χ0) is 15.8. The van der Waals surface area contributed by atoms with E-state index in [0.717, 1.165) is 11.1 Å². The van der Waals surface area contributed by atoms with Crippen LogP contribution in [0.2, 0.25) is 5.02 Å². The summed E-state index contributed by atoms with van der Waals surface area (Å²) in [7, 11) is 0. The number of aliphatic hydroxyl groups is 1. The quantitative estimate of drug-likeness (QED) is 0.830. The Balaban J connectivity index is 2.04. The van der Waals surface area contributed by atoms with E-state index in [-0.39, 0.29) is 12.5 Å². The van der Waals surface area contributed by atoms with Crippen molar-refractivity contribution in [2.45, 2.75) is 6.54 Å². The number of hydrogen-bond donors (Lipinski definition) is 1. The van der Waals surface area contributed by atoms with Gasteiger partial charge >= 0.3 is 0 Å². The van der Waals surface area contributed by atoms with Crippen LogP contribution in [0.3, 0.4) is 0 Å². The number of benzene rings is 2. The van der Waals surface area contributed by atoms with E-state index in [1.165, 1.54) is 6.08 Å². The summed E-state index contributed by atoms with van der Waals surface area (Å²) in [6.07, 6.45) is 3.26. The van der Waals surface area contributed by atoms with Gasteiger partial charge in [-0.25, -0.2) is 0 Å². The summed E-state index contributed by atoms with van der Waals surface area (Å²) in [5.41, 5.74) is 1.94. The molecule has 1 N–H and O–H groups in total. The van der Waals surface area contributed by atoms with Crippen LogP contribution in [0, 0.1) is 0 Å². The molecule has 0 aliphatic carbocycles. The molecule has 0 fully saturated rings. The summed E-state index contributed by atoms with van der Waals surface area (Å²) < 4.78 is 0. The van der Waals surface area contributed by atoms with Crippen molar-refractivity contribution in [3.63, 3.8) is 0 Å². The SMILES string of the molecule is O=C(/C=C/c1ccc(Cl)cc1)N(CCO)Cc1ccccc1. The van der Waals surface area contributed by atoms with Gasteiger partial charge in [0.1, 0.15) is 0 Å². The second kappa shape index (κ2) is 8.37. The molecule has 0 aromatic heterocycles. The highest BCUT2D eigenvalue weighted by molar-refractivity contribution is 6.30. The second-order valence-electron chi connectivity index (χ2n) is 4.85. The van der Waals surface area contributed by atoms with Crippen LogP contribution in [-0.2, 0) is 11.3 Å². The van der Waals surface area contributed by atoms with E-state index in [0.29, 0.717) is 18.1 Å². The third-order valence-corrected chi connectivity index (χ3v) is 3.44. The first-order valence-electron chi connectivity index (χ1n) is 7.06. The summed E-state index contributed by atoms with van der Waals surface area (Å²) in [5, 5.41) is 9.81. The van der Waals surface area contributed by atoms with Gasteiger partial charge in [-0.3, -0.25) is 4.79 Å². The molecule has 0 saturated heterocycles. The molecule has 3 nitrogen and oxygen atoms in total. The van der Waals surface area contributed by atoms with E-state index in [4.69, 9.17) is 16.7 Å². The lowest BCUT2D eigenvalue weighted by Crippen LogP contribution is -2.31. The van der Waals surface area contributed by atoms with Gasteiger partial charge in [0.25, 0.3) is 0 Å². The van der Waals surface area contributed by atoms with E-state index < -0.39 is 0 Å². The average molecular weight is 316 g/mol. The first-order chi connectivity index (χ1) is 10.7. The molecule has 2 aromatic rings. The lowest BCUT2D eigenvalue weighted by Gasteiger charge is -2.20. The van der Waals surface area contributed by atoms with Gasteiger partial charge in [0, 0.05) is 24.2 Å². The number of rotatable bonds is 6. The van der Waals surface area contributed by atoms with Crippen LogP contribution < -0.4 is 0 Å². The Morgan fingerprint density at radius 2 is 1.77 bits per heavy atom. The van der Waals surface area contributed by atoms with Gasteiger partial charge in [0.15, 0.2) is 0 Å². The van der Waals surface area contributed by atoms with Gasteiger partial charge < -0.3 is 10.0 Å².